The Morgan fingerprint density at radius 2 is 2.33 bits per heavy atom. The van der Waals surface area contributed by atoms with E-state index in [4.69, 9.17) is 0 Å². The van der Waals surface area contributed by atoms with E-state index in [-0.39, 0.29) is 5.92 Å². The molecule has 0 radical (unpaired) electrons. The number of nitrogens with one attached hydrogen (secondary N) is 1. The van der Waals surface area contributed by atoms with E-state index in [0.29, 0.717) is 12.3 Å². The van der Waals surface area contributed by atoms with Crippen LogP contribution in [0.3, 0.4) is 0 Å². The van der Waals surface area contributed by atoms with Gasteiger partial charge < -0.3 is 10.2 Å². The van der Waals surface area contributed by atoms with Crippen LogP contribution in [0.25, 0.3) is 0 Å². The normalized spacial score (nSPS) is 24.4. The number of Topliss-reactive ketones (excluding diaryl/α,β-unsaturated/α-hetero) is 1. The van der Waals surface area contributed by atoms with Crippen LogP contribution in [0.5, 0.6) is 0 Å². The minimum Gasteiger partial charge on any atom is -0.316 e. The molecule has 1 unspecified atom stereocenters. The number of ketones is 1. The predicted octanol–water partition coefficient (Wildman–Crippen LogP) is 0.117. The van der Waals surface area contributed by atoms with Crippen LogP contribution in [0.1, 0.15) is 12.8 Å². The first-order valence-electron chi connectivity index (χ1n) is 4.58. The average Bonchev–Trinajstić information content (AvgIpc) is 2.05. The highest BCUT2D eigenvalue weighted by Crippen LogP contribution is 2.10. The largest absolute Gasteiger partial charge is 0.316 e. The SMILES string of the molecule is CN(C)CC(=O)C1CCCNC1. The molecule has 1 aliphatic rings. The summed E-state index contributed by atoms with van der Waals surface area (Å²) in [5.41, 5.74) is 0. The molecule has 1 N–H and O–H groups in total. The summed E-state index contributed by atoms with van der Waals surface area (Å²) in [6.45, 7) is 2.55. The summed E-state index contributed by atoms with van der Waals surface area (Å²) < 4.78 is 0. The molecule has 1 atom stereocenters. The molecular weight excluding hydrogens is 152 g/mol. The number of likely N-dealkylation sites (N-methyl/N-ethyl adjacent to an activating group) is 1. The van der Waals surface area contributed by atoms with E-state index in [0.717, 1.165) is 25.9 Å². The summed E-state index contributed by atoms with van der Waals surface area (Å²) in [6.07, 6.45) is 2.21. The van der Waals surface area contributed by atoms with E-state index in [1.165, 1.54) is 0 Å². The van der Waals surface area contributed by atoms with Gasteiger partial charge in [-0.2, -0.15) is 0 Å². The van der Waals surface area contributed by atoms with Crippen LogP contribution in [0.4, 0.5) is 0 Å². The molecule has 12 heavy (non-hydrogen) atoms. The number of piperidine rings is 1. The molecule has 70 valence electrons. The Morgan fingerprint density at radius 1 is 1.58 bits per heavy atom. The van der Waals surface area contributed by atoms with Gasteiger partial charge in [0.05, 0.1) is 6.54 Å². The van der Waals surface area contributed by atoms with Gasteiger partial charge >= 0.3 is 0 Å². The highest BCUT2D eigenvalue weighted by atomic mass is 16.1. The van der Waals surface area contributed by atoms with Gasteiger partial charge in [0.2, 0.25) is 0 Å². The van der Waals surface area contributed by atoms with E-state index in [2.05, 4.69) is 5.32 Å². The maximum atomic E-state index is 11.5. The molecule has 1 fully saturated rings. The highest BCUT2D eigenvalue weighted by Gasteiger charge is 2.20. The van der Waals surface area contributed by atoms with E-state index in [1.54, 1.807) is 0 Å². The average molecular weight is 170 g/mol. The zero-order chi connectivity index (χ0) is 8.97. The molecule has 1 heterocycles. The second-order valence-electron chi connectivity index (χ2n) is 3.75. The smallest absolute Gasteiger partial charge is 0.151 e. The zero-order valence-corrected chi connectivity index (χ0v) is 7.97. The Bertz CT molecular complexity index is 151. The molecule has 1 aliphatic heterocycles. The monoisotopic (exact) mass is 170 g/mol. The van der Waals surface area contributed by atoms with Crippen molar-refractivity contribution in [1.82, 2.24) is 10.2 Å². The Kier molecular flexibility index (Phi) is 3.69. The third-order valence-electron chi connectivity index (χ3n) is 2.22. The highest BCUT2D eigenvalue weighted by molar-refractivity contribution is 5.83. The molecule has 3 heteroatoms. The van der Waals surface area contributed by atoms with Crippen molar-refractivity contribution in [2.75, 3.05) is 33.7 Å². The van der Waals surface area contributed by atoms with Crippen LogP contribution in [0.2, 0.25) is 0 Å². The lowest BCUT2D eigenvalue weighted by Crippen LogP contribution is -2.38. The van der Waals surface area contributed by atoms with Gasteiger partial charge in [0.1, 0.15) is 0 Å². The van der Waals surface area contributed by atoms with Crippen molar-refractivity contribution in [1.29, 1.82) is 0 Å². The second-order valence-corrected chi connectivity index (χ2v) is 3.75. The molecular formula is C9H18N2O. The van der Waals surface area contributed by atoms with Gasteiger partial charge in [0.15, 0.2) is 5.78 Å². The maximum Gasteiger partial charge on any atom is 0.151 e. The first kappa shape index (κ1) is 9.68. The Hall–Kier alpha value is -0.410. The molecule has 0 amide bonds. The summed E-state index contributed by atoms with van der Waals surface area (Å²) in [5, 5.41) is 3.25. The van der Waals surface area contributed by atoms with Crippen molar-refractivity contribution in [3.05, 3.63) is 0 Å². The number of hydrogen-bond donors (Lipinski definition) is 1. The molecule has 0 saturated carbocycles. The summed E-state index contributed by atoms with van der Waals surface area (Å²) in [7, 11) is 3.88. The number of nitrogens with zero attached hydrogens (tertiary/aromatic N) is 1. The molecule has 0 bridgehead atoms. The summed E-state index contributed by atoms with van der Waals surface area (Å²) in [6, 6.07) is 0. The van der Waals surface area contributed by atoms with Crippen molar-refractivity contribution in [2.24, 2.45) is 5.92 Å². The first-order chi connectivity index (χ1) is 5.70. The van der Waals surface area contributed by atoms with Gasteiger partial charge in [-0.15, -0.1) is 0 Å². The van der Waals surface area contributed by atoms with Crippen molar-refractivity contribution in [2.45, 2.75) is 12.8 Å². The van der Waals surface area contributed by atoms with Crippen LogP contribution in [-0.2, 0) is 4.79 Å². The van der Waals surface area contributed by atoms with E-state index in [1.807, 2.05) is 19.0 Å². The first-order valence-corrected chi connectivity index (χ1v) is 4.58. The van der Waals surface area contributed by atoms with Gasteiger partial charge in [-0.05, 0) is 33.5 Å². The molecule has 0 aliphatic carbocycles. The van der Waals surface area contributed by atoms with Gasteiger partial charge in [-0.3, -0.25) is 4.79 Å². The molecule has 3 nitrogen and oxygen atoms in total. The van der Waals surface area contributed by atoms with Crippen LogP contribution in [0.15, 0.2) is 0 Å². The molecule has 0 aromatic rings. The second kappa shape index (κ2) is 4.58. The molecule has 1 rings (SSSR count). The Balaban J connectivity index is 2.30. The third kappa shape index (κ3) is 2.91. The van der Waals surface area contributed by atoms with Crippen molar-refractivity contribution in [3.63, 3.8) is 0 Å². The van der Waals surface area contributed by atoms with E-state index >= 15 is 0 Å². The summed E-state index contributed by atoms with van der Waals surface area (Å²) >= 11 is 0. The maximum absolute atomic E-state index is 11.5. The lowest BCUT2D eigenvalue weighted by atomic mass is 9.95. The Morgan fingerprint density at radius 3 is 2.83 bits per heavy atom. The minimum atomic E-state index is 0.265. The van der Waals surface area contributed by atoms with Crippen molar-refractivity contribution in [3.8, 4) is 0 Å². The third-order valence-corrected chi connectivity index (χ3v) is 2.22. The fourth-order valence-corrected chi connectivity index (χ4v) is 1.57. The Labute approximate surface area is 74.1 Å². The molecule has 0 aromatic carbocycles. The predicted molar refractivity (Wildman–Crippen MR) is 49.2 cm³/mol. The van der Waals surface area contributed by atoms with Crippen LogP contribution < -0.4 is 5.32 Å². The molecule has 0 spiro atoms. The fourth-order valence-electron chi connectivity index (χ4n) is 1.57. The number of hydrogen-bond acceptors (Lipinski definition) is 3. The fraction of sp³-hybridized carbons (Fsp3) is 0.889. The van der Waals surface area contributed by atoms with Gasteiger partial charge in [-0.25, -0.2) is 0 Å². The van der Waals surface area contributed by atoms with E-state index < -0.39 is 0 Å². The van der Waals surface area contributed by atoms with Gasteiger partial charge in [-0.1, -0.05) is 0 Å². The van der Waals surface area contributed by atoms with Crippen LogP contribution in [-0.4, -0.2) is 44.4 Å². The van der Waals surface area contributed by atoms with Crippen LogP contribution >= 0.6 is 0 Å². The van der Waals surface area contributed by atoms with Gasteiger partial charge in [0.25, 0.3) is 0 Å². The van der Waals surface area contributed by atoms with Gasteiger partial charge in [0, 0.05) is 12.5 Å². The zero-order valence-electron chi connectivity index (χ0n) is 7.97. The lowest BCUT2D eigenvalue weighted by molar-refractivity contribution is -0.123. The molecule has 1 saturated heterocycles. The van der Waals surface area contributed by atoms with Crippen molar-refractivity contribution < 1.29 is 4.79 Å². The van der Waals surface area contributed by atoms with E-state index in [9.17, 15) is 4.79 Å². The quantitative estimate of drug-likeness (QED) is 0.653. The minimum absolute atomic E-state index is 0.265. The number of carbonyl (C=O) groups excluding carboxylic acids is 1. The lowest BCUT2D eigenvalue weighted by Gasteiger charge is -2.22. The number of rotatable bonds is 3. The molecule has 0 aromatic heterocycles. The topological polar surface area (TPSA) is 32.3 Å². The standard InChI is InChI=1S/C9H18N2O/c1-11(2)7-9(12)8-4-3-5-10-6-8/h8,10H,3-7H2,1-2H3. The van der Waals surface area contributed by atoms with Crippen molar-refractivity contribution >= 4 is 5.78 Å². The summed E-state index contributed by atoms with van der Waals surface area (Å²) in [4.78, 5) is 13.5. The van der Waals surface area contributed by atoms with Crippen LogP contribution in [0, 0.1) is 5.92 Å². The number of carbonyl (C=O) groups is 1. The summed E-state index contributed by atoms with van der Waals surface area (Å²) in [5.74, 6) is 0.647.